The first kappa shape index (κ1) is 30.7. The molecule has 3 heterocycles. The Kier molecular flexibility index (Phi) is 6.61. The van der Waals surface area contributed by atoms with Gasteiger partial charge in [-0.15, -0.1) is 0 Å². The van der Waals surface area contributed by atoms with E-state index in [1.54, 1.807) is 0 Å². The van der Waals surface area contributed by atoms with Crippen molar-refractivity contribution in [1.29, 1.82) is 10.5 Å². The number of nitriles is 2. The molecule has 0 saturated carbocycles. The summed E-state index contributed by atoms with van der Waals surface area (Å²) in [4.78, 5) is 0. The zero-order chi connectivity index (χ0) is 36.6. The molecule has 11 rings (SSSR count). The van der Waals surface area contributed by atoms with Gasteiger partial charge in [-0.25, -0.2) is 0 Å². The lowest BCUT2D eigenvalue weighted by Crippen LogP contribution is -2.02. The maximum Gasteiger partial charge on any atom is 0.0992 e. The molecule has 0 bridgehead atoms. The highest BCUT2D eigenvalue weighted by Gasteiger charge is 2.22. The second-order valence-corrected chi connectivity index (χ2v) is 14.0. The Morgan fingerprint density at radius 1 is 0.345 bits per heavy atom. The molecule has 11 aromatic rings. The smallest absolute Gasteiger partial charge is 0.0992 e. The molecular weight excluding hydrogens is 671 g/mol. The van der Waals surface area contributed by atoms with Gasteiger partial charge in [0.25, 0.3) is 0 Å². The summed E-state index contributed by atoms with van der Waals surface area (Å²) >= 11 is 0. The lowest BCUT2D eigenvalue weighted by Gasteiger charge is -2.18. The molecular formula is C50H29N5. The van der Waals surface area contributed by atoms with Crippen molar-refractivity contribution in [2.45, 2.75) is 0 Å². The summed E-state index contributed by atoms with van der Waals surface area (Å²) in [5.41, 5.74) is 12.6. The van der Waals surface area contributed by atoms with Crippen LogP contribution in [0.15, 0.2) is 176 Å². The van der Waals surface area contributed by atoms with E-state index in [9.17, 15) is 10.5 Å². The Balaban J connectivity index is 1.22. The third-order valence-electron chi connectivity index (χ3n) is 11.1. The second kappa shape index (κ2) is 11.8. The zero-order valence-electron chi connectivity index (χ0n) is 29.5. The van der Waals surface area contributed by atoms with Crippen LogP contribution in [0.25, 0.3) is 93.6 Å². The number of hydrogen-bond acceptors (Lipinski definition) is 2. The van der Waals surface area contributed by atoms with Gasteiger partial charge in [0.2, 0.25) is 0 Å². The van der Waals surface area contributed by atoms with Gasteiger partial charge >= 0.3 is 0 Å². The van der Waals surface area contributed by atoms with Crippen LogP contribution in [0.2, 0.25) is 0 Å². The van der Waals surface area contributed by atoms with Gasteiger partial charge in [-0.3, -0.25) is 0 Å². The van der Waals surface area contributed by atoms with E-state index in [0.717, 1.165) is 82.8 Å². The van der Waals surface area contributed by atoms with E-state index >= 15 is 0 Å². The number of hydrogen-bond donors (Lipinski definition) is 0. The Morgan fingerprint density at radius 3 is 1.53 bits per heavy atom. The summed E-state index contributed by atoms with van der Waals surface area (Å²) in [5, 5.41) is 27.1. The summed E-state index contributed by atoms with van der Waals surface area (Å²) in [7, 11) is 0. The molecule has 3 aromatic heterocycles. The fourth-order valence-corrected chi connectivity index (χ4v) is 8.81. The van der Waals surface area contributed by atoms with Crippen LogP contribution in [0.1, 0.15) is 11.1 Å². The summed E-state index contributed by atoms with van der Waals surface area (Å²) in [6.07, 6.45) is 0. The molecule has 0 atom stereocenters. The van der Waals surface area contributed by atoms with Crippen molar-refractivity contribution < 1.29 is 0 Å². The SMILES string of the molecule is N#Cc1cc(-c2ccccc2-n2c3ccccc3c3cccc(-n4c5ccccc5c5cc(C#N)ccc54)c32)cc(-n2c3ccccc3c3ccccc32)c1. The molecule has 254 valence electrons. The van der Waals surface area contributed by atoms with Crippen molar-refractivity contribution in [3.63, 3.8) is 0 Å². The molecule has 0 aliphatic rings. The van der Waals surface area contributed by atoms with E-state index < -0.39 is 0 Å². The minimum Gasteiger partial charge on any atom is -0.309 e. The summed E-state index contributed by atoms with van der Waals surface area (Å²) < 4.78 is 7.00. The molecule has 0 fully saturated rings. The van der Waals surface area contributed by atoms with Gasteiger partial charge in [-0.2, -0.15) is 10.5 Å². The fourth-order valence-electron chi connectivity index (χ4n) is 8.81. The Morgan fingerprint density at radius 2 is 0.855 bits per heavy atom. The van der Waals surface area contributed by atoms with E-state index in [1.807, 2.05) is 24.3 Å². The Hall–Kier alpha value is -7.86. The molecule has 5 heteroatoms. The predicted molar refractivity (Wildman–Crippen MR) is 224 cm³/mol. The first-order valence-electron chi connectivity index (χ1n) is 18.3. The van der Waals surface area contributed by atoms with Crippen LogP contribution in [0.4, 0.5) is 0 Å². The normalized spacial score (nSPS) is 11.6. The van der Waals surface area contributed by atoms with Crippen LogP contribution in [-0.2, 0) is 0 Å². The molecule has 0 aliphatic carbocycles. The highest BCUT2D eigenvalue weighted by Crippen LogP contribution is 2.42. The first-order chi connectivity index (χ1) is 27.2. The number of aromatic nitrogens is 3. The van der Waals surface area contributed by atoms with Crippen molar-refractivity contribution in [3.05, 3.63) is 187 Å². The van der Waals surface area contributed by atoms with Crippen LogP contribution < -0.4 is 0 Å². The molecule has 0 amide bonds. The van der Waals surface area contributed by atoms with Crippen LogP contribution in [-0.4, -0.2) is 13.7 Å². The highest BCUT2D eigenvalue weighted by molar-refractivity contribution is 6.15. The summed E-state index contributed by atoms with van der Waals surface area (Å²) in [5.74, 6) is 0. The van der Waals surface area contributed by atoms with Crippen molar-refractivity contribution in [3.8, 4) is 40.3 Å². The van der Waals surface area contributed by atoms with Crippen molar-refractivity contribution in [2.75, 3.05) is 0 Å². The lowest BCUT2D eigenvalue weighted by atomic mass is 10.00. The predicted octanol–water partition coefficient (Wildman–Crippen LogP) is 12.4. The largest absolute Gasteiger partial charge is 0.309 e. The van der Waals surface area contributed by atoms with Crippen LogP contribution in [0, 0.1) is 22.7 Å². The van der Waals surface area contributed by atoms with E-state index in [1.165, 1.54) is 10.8 Å². The molecule has 0 spiro atoms. The van der Waals surface area contributed by atoms with Gasteiger partial charge in [-0.05, 0) is 78.4 Å². The molecule has 0 N–H and O–H groups in total. The minimum atomic E-state index is 0.592. The van der Waals surface area contributed by atoms with E-state index in [4.69, 9.17) is 0 Å². The molecule has 0 saturated heterocycles. The monoisotopic (exact) mass is 699 g/mol. The van der Waals surface area contributed by atoms with Gasteiger partial charge in [0, 0.05) is 43.6 Å². The van der Waals surface area contributed by atoms with E-state index in [2.05, 4.69) is 177 Å². The number of rotatable bonds is 4. The van der Waals surface area contributed by atoms with Crippen molar-refractivity contribution in [1.82, 2.24) is 13.7 Å². The van der Waals surface area contributed by atoms with Gasteiger partial charge in [0.15, 0.2) is 0 Å². The topological polar surface area (TPSA) is 62.4 Å². The third kappa shape index (κ3) is 4.45. The highest BCUT2D eigenvalue weighted by atomic mass is 15.1. The fraction of sp³-hybridized carbons (Fsp3) is 0. The van der Waals surface area contributed by atoms with E-state index in [-0.39, 0.29) is 0 Å². The lowest BCUT2D eigenvalue weighted by molar-refractivity contribution is 1.13. The minimum absolute atomic E-state index is 0.592. The molecule has 8 aromatic carbocycles. The average Bonchev–Trinajstić information content (AvgIpc) is 3.89. The summed E-state index contributed by atoms with van der Waals surface area (Å²) in [6, 6.07) is 66.0. The maximum absolute atomic E-state index is 10.5. The quantitative estimate of drug-likeness (QED) is 0.184. The number of benzene rings is 8. The van der Waals surface area contributed by atoms with Crippen LogP contribution in [0.3, 0.4) is 0 Å². The molecule has 0 aliphatic heterocycles. The number of nitrogens with zero attached hydrogens (tertiary/aromatic N) is 5. The zero-order valence-corrected chi connectivity index (χ0v) is 29.5. The molecule has 5 nitrogen and oxygen atoms in total. The van der Waals surface area contributed by atoms with Crippen LogP contribution >= 0.6 is 0 Å². The van der Waals surface area contributed by atoms with Gasteiger partial charge in [-0.1, -0.05) is 103 Å². The Bertz CT molecular complexity index is 3420. The Labute approximate surface area is 316 Å². The number of fused-ring (bicyclic) bond motifs is 9. The molecule has 55 heavy (non-hydrogen) atoms. The number of para-hydroxylation sites is 6. The van der Waals surface area contributed by atoms with Crippen molar-refractivity contribution >= 4 is 65.4 Å². The van der Waals surface area contributed by atoms with E-state index in [0.29, 0.717) is 11.1 Å². The summed E-state index contributed by atoms with van der Waals surface area (Å²) in [6.45, 7) is 0. The third-order valence-corrected chi connectivity index (χ3v) is 11.1. The second-order valence-electron chi connectivity index (χ2n) is 14.0. The molecule has 0 unspecified atom stereocenters. The standard InChI is InChI=1S/C50H29N5/c51-30-32-24-25-48-42(28-32)40-16-5-9-21-46(40)54(48)49-23-11-17-41-39-15-4-10-22-47(39)55(50(41)49)43-18-6-1-12-36(43)34-26-33(31-52)27-35(29-34)53-44-19-7-2-13-37(44)38-14-3-8-20-45(38)53/h1-29H. The van der Waals surface area contributed by atoms with Crippen molar-refractivity contribution in [2.24, 2.45) is 0 Å². The van der Waals surface area contributed by atoms with Gasteiger partial charge in [0.05, 0.1) is 67.7 Å². The van der Waals surface area contributed by atoms with Crippen LogP contribution in [0.5, 0.6) is 0 Å². The molecule has 0 radical (unpaired) electrons. The van der Waals surface area contributed by atoms with Gasteiger partial charge in [0.1, 0.15) is 0 Å². The van der Waals surface area contributed by atoms with Gasteiger partial charge < -0.3 is 13.7 Å². The first-order valence-corrected chi connectivity index (χ1v) is 18.3. The average molecular weight is 700 g/mol. The maximum atomic E-state index is 10.5.